The Morgan fingerprint density at radius 2 is 2.12 bits per heavy atom. The smallest absolute Gasteiger partial charge is 0.178 e. The normalized spacial score (nSPS) is 11.1. The van der Waals surface area contributed by atoms with Crippen LogP contribution in [0.5, 0.6) is 0 Å². The fraction of sp³-hybridized carbons (Fsp3) is 0.182. The Kier molecular flexibility index (Phi) is 2.00. The van der Waals surface area contributed by atoms with Crippen LogP contribution < -0.4 is 0 Å². The van der Waals surface area contributed by atoms with Gasteiger partial charge >= 0.3 is 0 Å². The molecule has 0 fully saturated rings. The Balaban J connectivity index is 2.18. The average Bonchev–Trinajstić information content (AvgIpc) is 2.83. The number of nitrogens with zero attached hydrogens (tertiary/aromatic N) is 3. The first kappa shape index (κ1) is 9.47. The maximum atomic E-state index is 4.41. The Hall–Kier alpha value is -1.75. The van der Waals surface area contributed by atoms with Gasteiger partial charge in [-0.05, 0) is 25.5 Å². The van der Waals surface area contributed by atoms with E-state index in [0.717, 1.165) is 33.3 Å². The van der Waals surface area contributed by atoms with Gasteiger partial charge in [0, 0.05) is 11.6 Å². The molecular weight excluding hydrogens is 220 g/mol. The number of aromatic amines is 1. The Labute approximate surface area is 96.4 Å². The molecule has 4 nitrogen and oxygen atoms in total. The number of aryl methyl sites for hydroxylation is 2. The van der Waals surface area contributed by atoms with Crippen LogP contribution in [0.4, 0.5) is 0 Å². The molecule has 0 amide bonds. The molecule has 80 valence electrons. The minimum absolute atomic E-state index is 0.742. The van der Waals surface area contributed by atoms with Gasteiger partial charge in [-0.25, -0.2) is 15.0 Å². The van der Waals surface area contributed by atoms with Crippen molar-refractivity contribution in [1.29, 1.82) is 0 Å². The summed E-state index contributed by atoms with van der Waals surface area (Å²) in [5.74, 6) is 0.789. The van der Waals surface area contributed by atoms with Gasteiger partial charge in [0.05, 0.1) is 10.5 Å². The summed E-state index contributed by atoms with van der Waals surface area (Å²) in [5, 5.41) is 3.04. The van der Waals surface area contributed by atoms with Crippen molar-refractivity contribution in [1.82, 2.24) is 19.9 Å². The zero-order valence-corrected chi connectivity index (χ0v) is 9.80. The van der Waals surface area contributed by atoms with E-state index in [1.165, 1.54) is 0 Å². The number of hydrogen-bond donors (Lipinski definition) is 1. The first-order valence-corrected chi connectivity index (χ1v) is 5.85. The summed E-state index contributed by atoms with van der Waals surface area (Å²) in [6.45, 7) is 4.00. The van der Waals surface area contributed by atoms with E-state index in [-0.39, 0.29) is 0 Å². The van der Waals surface area contributed by atoms with Gasteiger partial charge in [-0.15, -0.1) is 11.3 Å². The zero-order chi connectivity index (χ0) is 11.1. The van der Waals surface area contributed by atoms with Gasteiger partial charge in [-0.1, -0.05) is 0 Å². The molecule has 16 heavy (non-hydrogen) atoms. The van der Waals surface area contributed by atoms with E-state index in [1.54, 1.807) is 11.3 Å². The number of nitrogens with one attached hydrogen (secondary N) is 1. The highest BCUT2D eigenvalue weighted by atomic mass is 32.1. The summed E-state index contributed by atoms with van der Waals surface area (Å²) in [6.07, 6.45) is 1.82. The van der Waals surface area contributed by atoms with E-state index in [0.29, 0.717) is 0 Å². The number of H-pyrrole nitrogens is 1. The monoisotopic (exact) mass is 230 g/mol. The van der Waals surface area contributed by atoms with Crippen LogP contribution in [-0.4, -0.2) is 19.9 Å². The summed E-state index contributed by atoms with van der Waals surface area (Å²) in [4.78, 5) is 16.3. The first-order chi connectivity index (χ1) is 7.72. The van der Waals surface area contributed by atoms with E-state index in [4.69, 9.17) is 0 Å². The van der Waals surface area contributed by atoms with Crippen molar-refractivity contribution in [3.05, 3.63) is 28.2 Å². The first-order valence-electron chi connectivity index (χ1n) is 4.97. The second-order valence-corrected chi connectivity index (χ2v) is 4.78. The molecule has 0 spiro atoms. The number of fused-ring (bicyclic) bond motifs is 1. The predicted octanol–water partition coefficient (Wildman–Crippen LogP) is 2.70. The molecule has 0 aliphatic rings. The summed E-state index contributed by atoms with van der Waals surface area (Å²) >= 11 is 1.62. The maximum absolute atomic E-state index is 4.41. The molecule has 0 unspecified atom stereocenters. The predicted molar refractivity (Wildman–Crippen MR) is 64.5 cm³/mol. The third-order valence-corrected chi connectivity index (χ3v) is 3.11. The fourth-order valence-corrected chi connectivity index (χ4v) is 2.20. The number of thiazole rings is 1. The molecule has 5 heteroatoms. The summed E-state index contributed by atoms with van der Waals surface area (Å²) in [5.41, 5.74) is 3.71. The summed E-state index contributed by atoms with van der Waals surface area (Å²) in [6, 6.07) is 2.04. The number of hydrogen-bond acceptors (Lipinski definition) is 4. The molecule has 3 aromatic rings. The maximum Gasteiger partial charge on any atom is 0.178 e. The van der Waals surface area contributed by atoms with Crippen molar-refractivity contribution in [3.8, 4) is 11.5 Å². The largest absolute Gasteiger partial charge is 0.335 e. The molecule has 0 saturated carbocycles. The third-order valence-electron chi connectivity index (χ3n) is 2.34. The van der Waals surface area contributed by atoms with Gasteiger partial charge < -0.3 is 4.98 Å². The number of imidazole rings is 1. The van der Waals surface area contributed by atoms with Crippen molar-refractivity contribution in [2.45, 2.75) is 13.8 Å². The molecule has 0 aliphatic carbocycles. The van der Waals surface area contributed by atoms with Gasteiger partial charge in [0.15, 0.2) is 11.5 Å². The molecule has 1 N–H and O–H groups in total. The molecule has 3 heterocycles. The number of aromatic nitrogens is 4. The van der Waals surface area contributed by atoms with E-state index < -0.39 is 0 Å². The van der Waals surface area contributed by atoms with E-state index in [2.05, 4.69) is 19.9 Å². The van der Waals surface area contributed by atoms with Crippen LogP contribution >= 0.6 is 11.3 Å². The molecule has 3 aromatic heterocycles. The Morgan fingerprint density at radius 1 is 1.25 bits per heavy atom. The lowest BCUT2D eigenvalue weighted by molar-refractivity contribution is 1.22. The van der Waals surface area contributed by atoms with Crippen LogP contribution in [0.2, 0.25) is 0 Å². The van der Waals surface area contributed by atoms with Crippen LogP contribution in [-0.2, 0) is 0 Å². The lowest BCUT2D eigenvalue weighted by Gasteiger charge is -1.88. The van der Waals surface area contributed by atoms with Gasteiger partial charge in [0.2, 0.25) is 0 Å². The minimum atomic E-state index is 0.742. The second-order valence-electron chi connectivity index (χ2n) is 3.72. The van der Waals surface area contributed by atoms with Gasteiger partial charge in [0.1, 0.15) is 5.69 Å². The highest BCUT2D eigenvalue weighted by Crippen LogP contribution is 2.21. The number of pyridine rings is 1. The highest BCUT2D eigenvalue weighted by Gasteiger charge is 2.08. The fourth-order valence-electron chi connectivity index (χ4n) is 1.60. The molecular formula is C11H10N4S. The van der Waals surface area contributed by atoms with Crippen LogP contribution in [0.15, 0.2) is 17.6 Å². The van der Waals surface area contributed by atoms with Crippen molar-refractivity contribution >= 4 is 22.5 Å². The Morgan fingerprint density at radius 3 is 2.88 bits per heavy atom. The summed E-state index contributed by atoms with van der Waals surface area (Å²) in [7, 11) is 0. The topological polar surface area (TPSA) is 54.5 Å². The average molecular weight is 230 g/mol. The molecule has 0 saturated heterocycles. The SMILES string of the molecule is Cc1cnc2nc(-c3csc(C)n3)[nH]c2c1. The highest BCUT2D eigenvalue weighted by molar-refractivity contribution is 7.09. The van der Waals surface area contributed by atoms with Crippen molar-refractivity contribution in [2.75, 3.05) is 0 Å². The molecule has 0 radical (unpaired) electrons. The van der Waals surface area contributed by atoms with Gasteiger partial charge in [-0.3, -0.25) is 0 Å². The molecule has 0 aliphatic heterocycles. The molecule has 3 rings (SSSR count). The van der Waals surface area contributed by atoms with Crippen LogP contribution in [0, 0.1) is 13.8 Å². The van der Waals surface area contributed by atoms with Crippen LogP contribution in [0.25, 0.3) is 22.7 Å². The molecule has 0 aromatic carbocycles. The zero-order valence-electron chi connectivity index (χ0n) is 8.98. The second kappa shape index (κ2) is 3.38. The van der Waals surface area contributed by atoms with E-state index >= 15 is 0 Å². The lowest BCUT2D eigenvalue weighted by Crippen LogP contribution is -1.80. The van der Waals surface area contributed by atoms with Crippen LogP contribution in [0.1, 0.15) is 10.6 Å². The Bertz CT molecular complexity index is 653. The lowest BCUT2D eigenvalue weighted by atomic mass is 10.3. The quantitative estimate of drug-likeness (QED) is 0.699. The van der Waals surface area contributed by atoms with Gasteiger partial charge in [-0.2, -0.15) is 0 Å². The minimum Gasteiger partial charge on any atom is -0.335 e. The summed E-state index contributed by atoms with van der Waals surface area (Å²) < 4.78 is 0. The van der Waals surface area contributed by atoms with E-state index in [1.807, 2.05) is 31.5 Å². The third kappa shape index (κ3) is 1.49. The van der Waals surface area contributed by atoms with Crippen LogP contribution in [0.3, 0.4) is 0 Å². The number of rotatable bonds is 1. The van der Waals surface area contributed by atoms with Crippen molar-refractivity contribution in [2.24, 2.45) is 0 Å². The van der Waals surface area contributed by atoms with Gasteiger partial charge in [0.25, 0.3) is 0 Å². The molecule has 0 bridgehead atoms. The van der Waals surface area contributed by atoms with Crippen molar-refractivity contribution < 1.29 is 0 Å². The van der Waals surface area contributed by atoms with Crippen molar-refractivity contribution in [3.63, 3.8) is 0 Å². The molecule has 0 atom stereocenters. The van der Waals surface area contributed by atoms with E-state index in [9.17, 15) is 0 Å². The standard InChI is InChI=1S/C11H10N4S/c1-6-3-8-10(12-4-6)15-11(14-8)9-5-16-7(2)13-9/h3-5H,1-2H3,(H,12,14,15).